The van der Waals surface area contributed by atoms with Crippen molar-refractivity contribution >= 4 is 17.5 Å². The van der Waals surface area contributed by atoms with E-state index < -0.39 is 23.5 Å². The number of para-hydroxylation sites is 1. The van der Waals surface area contributed by atoms with Crippen LogP contribution in [-0.4, -0.2) is 35.8 Å². The zero-order valence-electron chi connectivity index (χ0n) is 16.3. The molecule has 2 amide bonds. The third-order valence-electron chi connectivity index (χ3n) is 4.94. The maximum Gasteiger partial charge on any atom is 0.246 e. The van der Waals surface area contributed by atoms with Gasteiger partial charge in [0.1, 0.15) is 12.4 Å². The van der Waals surface area contributed by atoms with E-state index in [2.05, 4.69) is 6.58 Å². The summed E-state index contributed by atoms with van der Waals surface area (Å²) < 4.78 is 40.3. The first-order chi connectivity index (χ1) is 14.3. The monoisotopic (exact) mass is 417 g/mol. The second kappa shape index (κ2) is 9.13. The Kier molecular flexibility index (Phi) is 6.56. The number of hydrogen-bond acceptors (Lipinski definition) is 3. The molecule has 0 saturated carbocycles. The van der Waals surface area contributed by atoms with Gasteiger partial charge in [-0.2, -0.15) is 0 Å². The fourth-order valence-corrected chi connectivity index (χ4v) is 3.49. The summed E-state index contributed by atoms with van der Waals surface area (Å²) in [5, 5.41) is 0. The normalized spacial score (nSPS) is 14.9. The van der Waals surface area contributed by atoms with Gasteiger partial charge in [0.15, 0.2) is 11.6 Å². The van der Waals surface area contributed by atoms with Crippen molar-refractivity contribution in [3.05, 3.63) is 77.6 Å². The predicted molar refractivity (Wildman–Crippen MR) is 107 cm³/mol. The van der Waals surface area contributed by atoms with E-state index in [9.17, 15) is 22.8 Å². The highest BCUT2D eigenvalue weighted by atomic mass is 19.2. The summed E-state index contributed by atoms with van der Waals surface area (Å²) >= 11 is 0. The van der Waals surface area contributed by atoms with Crippen LogP contribution in [0.2, 0.25) is 0 Å². The number of benzene rings is 2. The molecule has 2 aromatic carbocycles. The molecule has 0 saturated heterocycles. The van der Waals surface area contributed by atoms with Crippen LogP contribution < -0.4 is 10.6 Å². The van der Waals surface area contributed by atoms with Gasteiger partial charge in [0.25, 0.3) is 0 Å². The number of rotatable bonds is 6. The molecule has 8 heteroatoms. The van der Waals surface area contributed by atoms with Crippen molar-refractivity contribution in [3.8, 4) is 0 Å². The molecule has 2 N–H and O–H groups in total. The minimum Gasteiger partial charge on any atom is -0.329 e. The van der Waals surface area contributed by atoms with Gasteiger partial charge in [-0.15, -0.1) is 6.58 Å². The molecule has 1 heterocycles. The van der Waals surface area contributed by atoms with Crippen molar-refractivity contribution in [2.45, 2.75) is 25.4 Å². The van der Waals surface area contributed by atoms with Crippen LogP contribution in [0.3, 0.4) is 0 Å². The lowest BCUT2D eigenvalue weighted by Crippen LogP contribution is -2.42. The molecule has 2 aromatic rings. The minimum absolute atomic E-state index is 0.108. The Morgan fingerprint density at radius 3 is 2.57 bits per heavy atom. The second-order valence-electron chi connectivity index (χ2n) is 7.20. The maximum atomic E-state index is 13.9. The molecular weight excluding hydrogens is 395 g/mol. The molecule has 0 fully saturated rings. The topological polar surface area (TPSA) is 66.6 Å². The minimum atomic E-state index is -1.29. The number of halogens is 3. The lowest BCUT2D eigenvalue weighted by molar-refractivity contribution is -0.135. The van der Waals surface area contributed by atoms with Crippen LogP contribution in [0.15, 0.2) is 49.1 Å². The molecule has 0 unspecified atom stereocenters. The molecule has 5 nitrogen and oxygen atoms in total. The van der Waals surface area contributed by atoms with Crippen molar-refractivity contribution in [3.63, 3.8) is 0 Å². The van der Waals surface area contributed by atoms with Gasteiger partial charge in [-0.05, 0) is 29.7 Å². The van der Waals surface area contributed by atoms with Gasteiger partial charge in [-0.3, -0.25) is 9.59 Å². The Balaban J connectivity index is 1.73. The Hall–Kier alpha value is -3.13. The van der Waals surface area contributed by atoms with Crippen LogP contribution in [0.5, 0.6) is 0 Å². The van der Waals surface area contributed by atoms with Crippen LogP contribution in [0.25, 0.3) is 0 Å². The van der Waals surface area contributed by atoms with E-state index in [1.807, 2.05) is 24.3 Å². The first kappa shape index (κ1) is 21.6. The van der Waals surface area contributed by atoms with Crippen LogP contribution in [0.4, 0.5) is 18.9 Å². The van der Waals surface area contributed by atoms with Crippen molar-refractivity contribution in [2.24, 2.45) is 5.73 Å². The Morgan fingerprint density at radius 1 is 1.13 bits per heavy atom. The number of carbonyl (C=O) groups excluding carboxylic acids is 2. The average molecular weight is 417 g/mol. The predicted octanol–water partition coefficient (Wildman–Crippen LogP) is 2.93. The van der Waals surface area contributed by atoms with Crippen LogP contribution in [0, 0.1) is 17.5 Å². The van der Waals surface area contributed by atoms with Gasteiger partial charge >= 0.3 is 0 Å². The molecule has 3 rings (SSSR count). The smallest absolute Gasteiger partial charge is 0.246 e. The van der Waals surface area contributed by atoms with Crippen LogP contribution in [0.1, 0.15) is 17.5 Å². The second-order valence-corrected chi connectivity index (χ2v) is 7.20. The van der Waals surface area contributed by atoms with E-state index in [0.29, 0.717) is 18.3 Å². The number of amides is 2. The first-order valence-electron chi connectivity index (χ1n) is 9.46. The zero-order chi connectivity index (χ0) is 21.8. The van der Waals surface area contributed by atoms with Gasteiger partial charge in [-0.1, -0.05) is 24.3 Å². The molecule has 1 atom stereocenters. The quantitative estimate of drug-likeness (QED) is 0.581. The molecule has 1 aliphatic rings. The standard InChI is InChI=1S/C22H22F3N3O2/c1-2-7-28-20-6-4-3-5-14(20)12-27(13-22(28)30)21(29)10-16(26)8-15-9-18(24)19(25)11-17(15)23/h2-6,9,11,16H,1,7-8,10,12-13,26H2/t16-/m1/s1. The number of anilines is 1. The van der Waals surface area contributed by atoms with Crippen molar-refractivity contribution in [1.29, 1.82) is 0 Å². The van der Waals surface area contributed by atoms with Gasteiger partial charge < -0.3 is 15.5 Å². The van der Waals surface area contributed by atoms with Gasteiger partial charge in [0, 0.05) is 37.3 Å². The van der Waals surface area contributed by atoms with E-state index >= 15 is 0 Å². The van der Waals surface area contributed by atoms with E-state index in [-0.39, 0.29) is 43.3 Å². The highest BCUT2D eigenvalue weighted by molar-refractivity contribution is 5.98. The van der Waals surface area contributed by atoms with Crippen molar-refractivity contribution in [2.75, 3.05) is 18.0 Å². The van der Waals surface area contributed by atoms with Crippen LogP contribution in [-0.2, 0) is 22.6 Å². The van der Waals surface area contributed by atoms with E-state index in [1.54, 1.807) is 11.0 Å². The fraction of sp³-hybridized carbons (Fsp3) is 0.273. The lowest BCUT2D eigenvalue weighted by atomic mass is 10.0. The summed E-state index contributed by atoms with van der Waals surface area (Å²) in [5.74, 6) is -4.02. The van der Waals surface area contributed by atoms with Crippen molar-refractivity contribution in [1.82, 2.24) is 4.90 Å². The van der Waals surface area contributed by atoms with E-state index in [0.717, 1.165) is 11.6 Å². The highest BCUT2D eigenvalue weighted by Crippen LogP contribution is 2.26. The molecule has 0 aliphatic carbocycles. The molecule has 0 bridgehead atoms. The van der Waals surface area contributed by atoms with E-state index in [1.165, 1.54) is 4.90 Å². The molecule has 1 aliphatic heterocycles. The van der Waals surface area contributed by atoms with E-state index in [4.69, 9.17) is 5.73 Å². The average Bonchev–Trinajstić information content (AvgIpc) is 2.83. The molecular formula is C22H22F3N3O2. The molecule has 30 heavy (non-hydrogen) atoms. The highest BCUT2D eigenvalue weighted by Gasteiger charge is 2.29. The summed E-state index contributed by atoms with van der Waals surface area (Å²) in [6.07, 6.45) is 1.30. The number of carbonyl (C=O) groups is 2. The lowest BCUT2D eigenvalue weighted by Gasteiger charge is -2.22. The maximum absolute atomic E-state index is 13.9. The number of nitrogens with two attached hydrogens (primary N) is 1. The summed E-state index contributed by atoms with van der Waals surface area (Å²) in [5.41, 5.74) is 7.39. The fourth-order valence-electron chi connectivity index (χ4n) is 3.49. The number of fused-ring (bicyclic) bond motifs is 1. The summed E-state index contributed by atoms with van der Waals surface area (Å²) in [7, 11) is 0. The first-order valence-corrected chi connectivity index (χ1v) is 9.46. The molecule has 158 valence electrons. The van der Waals surface area contributed by atoms with Gasteiger partial charge in [-0.25, -0.2) is 13.2 Å². The molecule has 0 spiro atoms. The van der Waals surface area contributed by atoms with Crippen LogP contribution >= 0.6 is 0 Å². The summed E-state index contributed by atoms with van der Waals surface area (Å²) in [6.45, 7) is 4.08. The van der Waals surface area contributed by atoms with Gasteiger partial charge in [0.2, 0.25) is 11.8 Å². The third kappa shape index (κ3) is 4.71. The Bertz CT molecular complexity index is 980. The molecule has 0 radical (unpaired) electrons. The zero-order valence-corrected chi connectivity index (χ0v) is 16.3. The molecule has 0 aromatic heterocycles. The summed E-state index contributed by atoms with van der Waals surface area (Å²) in [4.78, 5) is 28.5. The van der Waals surface area contributed by atoms with Crippen molar-refractivity contribution < 1.29 is 22.8 Å². The third-order valence-corrected chi connectivity index (χ3v) is 4.94. The summed E-state index contributed by atoms with van der Waals surface area (Å²) in [6, 6.07) is 7.65. The SMILES string of the molecule is C=CCN1C(=O)CN(C(=O)C[C@H](N)Cc2cc(F)c(F)cc2F)Cc2ccccc21. The Morgan fingerprint density at radius 2 is 1.83 bits per heavy atom. The number of hydrogen-bond donors (Lipinski definition) is 1. The number of nitrogens with zero attached hydrogens (tertiary/aromatic N) is 2. The Labute approximate surface area is 172 Å². The van der Waals surface area contributed by atoms with Gasteiger partial charge in [0.05, 0.1) is 0 Å². The largest absolute Gasteiger partial charge is 0.329 e.